The van der Waals surface area contributed by atoms with Gasteiger partial charge in [-0.3, -0.25) is 4.79 Å². The Labute approximate surface area is 153 Å². The van der Waals surface area contributed by atoms with Crippen LogP contribution in [0.4, 0.5) is 0 Å². The molecule has 5 unspecified atom stereocenters. The maximum Gasteiger partial charge on any atom is 0.311 e. The van der Waals surface area contributed by atoms with E-state index in [0.717, 1.165) is 24.2 Å². The molecule has 3 aliphatic rings. The number of fused-ring (bicyclic) bond motifs is 3. The lowest BCUT2D eigenvalue weighted by Crippen LogP contribution is -2.58. The average molecular weight is 353 g/mol. The summed E-state index contributed by atoms with van der Waals surface area (Å²) in [6.07, 6.45) is 8.45. The summed E-state index contributed by atoms with van der Waals surface area (Å²) in [5, 5.41) is 0.557. The van der Waals surface area contributed by atoms with Crippen molar-refractivity contribution in [3.8, 4) is 0 Å². The number of thiol groups is 1. The van der Waals surface area contributed by atoms with E-state index >= 15 is 0 Å². The molecule has 3 saturated carbocycles. The van der Waals surface area contributed by atoms with Crippen LogP contribution in [0.2, 0.25) is 0 Å². The molecule has 24 heavy (non-hydrogen) atoms. The number of carbonyl (C=O) groups excluding carboxylic acids is 1. The fourth-order valence-corrected chi connectivity index (χ4v) is 8.02. The number of rotatable bonds is 2. The fourth-order valence-electron chi connectivity index (χ4n) is 7.30. The molecule has 0 bridgehead atoms. The van der Waals surface area contributed by atoms with Gasteiger partial charge >= 0.3 is 5.97 Å². The molecule has 0 aromatic rings. The highest BCUT2D eigenvalue weighted by molar-refractivity contribution is 7.81. The largest absolute Gasteiger partial charge is 0.469 e. The quantitative estimate of drug-likeness (QED) is 0.534. The minimum Gasteiger partial charge on any atom is -0.469 e. The van der Waals surface area contributed by atoms with Crippen molar-refractivity contribution < 1.29 is 9.53 Å². The van der Waals surface area contributed by atoms with Crippen LogP contribution in [0.25, 0.3) is 0 Å². The minimum atomic E-state index is -0.280. The molecule has 3 aliphatic carbocycles. The molecule has 0 aromatic heterocycles. The normalized spacial score (nSPS) is 48.5. The molecule has 0 heterocycles. The van der Waals surface area contributed by atoms with Crippen LogP contribution in [-0.4, -0.2) is 18.3 Å². The lowest BCUT2D eigenvalue weighted by Gasteiger charge is -2.62. The van der Waals surface area contributed by atoms with Gasteiger partial charge in [0.2, 0.25) is 0 Å². The third-order valence-electron chi connectivity index (χ3n) is 8.26. The zero-order chi connectivity index (χ0) is 17.7. The van der Waals surface area contributed by atoms with Gasteiger partial charge in [-0.05, 0) is 80.5 Å². The second kappa shape index (κ2) is 6.52. The maximum atomic E-state index is 12.6. The molecule has 3 rings (SSSR count). The standard InChI is InChI=1S/C21H36O2S/c1-13(2)18-14-7-10-17-20(3,15(14)8-9-16(18)24)11-6-12-21(17,4)19(22)23-5/h13-18,24H,6-12H2,1-5H3/t14?,15?,16?,17?,18?,20-,21+/m0/s1. The molecule has 0 radical (unpaired) electrons. The highest BCUT2D eigenvalue weighted by Crippen LogP contribution is 2.65. The molecule has 0 amide bonds. The van der Waals surface area contributed by atoms with E-state index in [2.05, 4.69) is 27.7 Å². The van der Waals surface area contributed by atoms with Crippen molar-refractivity contribution in [1.82, 2.24) is 0 Å². The Morgan fingerprint density at radius 2 is 1.83 bits per heavy atom. The van der Waals surface area contributed by atoms with Gasteiger partial charge in [0.05, 0.1) is 12.5 Å². The van der Waals surface area contributed by atoms with Gasteiger partial charge in [0.1, 0.15) is 0 Å². The fraction of sp³-hybridized carbons (Fsp3) is 0.952. The number of methoxy groups -OCH3 is 1. The first-order chi connectivity index (χ1) is 11.3. The lowest BCUT2D eigenvalue weighted by molar-refractivity contribution is -0.178. The van der Waals surface area contributed by atoms with E-state index in [1.165, 1.54) is 38.5 Å². The predicted molar refractivity (Wildman–Crippen MR) is 102 cm³/mol. The number of ether oxygens (including phenoxy) is 1. The zero-order valence-electron chi connectivity index (χ0n) is 16.2. The van der Waals surface area contributed by atoms with Gasteiger partial charge in [0.25, 0.3) is 0 Å². The third kappa shape index (κ3) is 2.64. The van der Waals surface area contributed by atoms with Gasteiger partial charge < -0.3 is 4.74 Å². The van der Waals surface area contributed by atoms with Crippen molar-refractivity contribution in [2.45, 2.75) is 77.9 Å². The first kappa shape index (κ1) is 18.6. The molecule has 0 spiro atoms. The molecule has 138 valence electrons. The van der Waals surface area contributed by atoms with Crippen LogP contribution >= 0.6 is 12.6 Å². The Morgan fingerprint density at radius 3 is 2.46 bits per heavy atom. The van der Waals surface area contributed by atoms with Crippen molar-refractivity contribution in [2.75, 3.05) is 7.11 Å². The van der Waals surface area contributed by atoms with Gasteiger partial charge in [0, 0.05) is 5.25 Å². The molecule has 0 saturated heterocycles. The lowest BCUT2D eigenvalue weighted by atomic mass is 9.43. The van der Waals surface area contributed by atoms with Crippen molar-refractivity contribution in [3.63, 3.8) is 0 Å². The Morgan fingerprint density at radius 1 is 1.12 bits per heavy atom. The number of hydrogen-bond acceptors (Lipinski definition) is 3. The van der Waals surface area contributed by atoms with E-state index in [4.69, 9.17) is 17.4 Å². The smallest absolute Gasteiger partial charge is 0.311 e. The van der Waals surface area contributed by atoms with Gasteiger partial charge in [-0.25, -0.2) is 0 Å². The first-order valence-electron chi connectivity index (χ1n) is 10.0. The minimum absolute atomic E-state index is 0.0279. The van der Waals surface area contributed by atoms with Gasteiger partial charge in [0.15, 0.2) is 0 Å². The van der Waals surface area contributed by atoms with Crippen LogP contribution in [0.3, 0.4) is 0 Å². The summed E-state index contributed by atoms with van der Waals surface area (Å²) in [6.45, 7) is 9.45. The first-order valence-corrected chi connectivity index (χ1v) is 10.5. The molecule has 0 N–H and O–H groups in total. The summed E-state index contributed by atoms with van der Waals surface area (Å²) in [5.41, 5.74) is 0.0169. The van der Waals surface area contributed by atoms with Crippen molar-refractivity contribution >= 4 is 18.6 Å². The van der Waals surface area contributed by atoms with Crippen LogP contribution in [-0.2, 0) is 9.53 Å². The molecule has 3 heteroatoms. The van der Waals surface area contributed by atoms with Gasteiger partial charge in [-0.15, -0.1) is 0 Å². The molecule has 3 fully saturated rings. The van der Waals surface area contributed by atoms with E-state index in [0.29, 0.717) is 22.5 Å². The van der Waals surface area contributed by atoms with Crippen molar-refractivity contribution in [3.05, 3.63) is 0 Å². The van der Waals surface area contributed by atoms with Crippen LogP contribution < -0.4 is 0 Å². The molecule has 0 aliphatic heterocycles. The Bertz CT molecular complexity index is 490. The molecule has 7 atom stereocenters. The summed E-state index contributed by atoms with van der Waals surface area (Å²) < 4.78 is 5.25. The maximum absolute atomic E-state index is 12.6. The average Bonchev–Trinajstić information content (AvgIpc) is 2.52. The summed E-state index contributed by atoms with van der Waals surface area (Å²) in [5.74, 6) is 3.50. The zero-order valence-corrected chi connectivity index (χ0v) is 17.1. The molecule has 2 nitrogen and oxygen atoms in total. The van der Waals surface area contributed by atoms with E-state index in [-0.39, 0.29) is 11.4 Å². The van der Waals surface area contributed by atoms with E-state index < -0.39 is 0 Å². The summed E-state index contributed by atoms with van der Waals surface area (Å²) >= 11 is 4.97. The molecular weight excluding hydrogens is 316 g/mol. The Kier molecular flexibility index (Phi) is 5.06. The number of hydrogen-bond donors (Lipinski definition) is 1. The Balaban J connectivity index is 1.94. The van der Waals surface area contributed by atoms with Gasteiger partial charge in [-0.2, -0.15) is 12.6 Å². The van der Waals surface area contributed by atoms with Crippen LogP contribution in [0, 0.1) is 40.4 Å². The Hall–Kier alpha value is -0.180. The number of carbonyl (C=O) groups is 1. The second-order valence-electron chi connectivity index (χ2n) is 9.63. The second-order valence-corrected chi connectivity index (χ2v) is 10.3. The predicted octanol–water partition coefficient (Wildman–Crippen LogP) is 5.36. The molecular formula is C21H36O2S. The third-order valence-corrected chi connectivity index (χ3v) is 8.87. The summed E-state index contributed by atoms with van der Waals surface area (Å²) in [7, 11) is 1.56. The number of esters is 1. The van der Waals surface area contributed by atoms with Gasteiger partial charge in [-0.1, -0.05) is 27.2 Å². The molecule has 0 aromatic carbocycles. The highest BCUT2D eigenvalue weighted by Gasteiger charge is 2.60. The highest BCUT2D eigenvalue weighted by atomic mass is 32.1. The van der Waals surface area contributed by atoms with E-state index in [9.17, 15) is 4.79 Å². The topological polar surface area (TPSA) is 26.3 Å². The van der Waals surface area contributed by atoms with E-state index in [1.807, 2.05) is 0 Å². The van der Waals surface area contributed by atoms with Crippen LogP contribution in [0.5, 0.6) is 0 Å². The van der Waals surface area contributed by atoms with Crippen molar-refractivity contribution in [1.29, 1.82) is 0 Å². The summed E-state index contributed by atoms with van der Waals surface area (Å²) in [6, 6.07) is 0. The van der Waals surface area contributed by atoms with Crippen molar-refractivity contribution in [2.24, 2.45) is 40.4 Å². The summed E-state index contributed by atoms with van der Waals surface area (Å²) in [4.78, 5) is 12.6. The monoisotopic (exact) mass is 352 g/mol. The van der Waals surface area contributed by atoms with Crippen LogP contribution in [0.15, 0.2) is 0 Å². The van der Waals surface area contributed by atoms with Crippen LogP contribution in [0.1, 0.15) is 72.6 Å². The SMILES string of the molecule is COC(=O)[C@]1(C)CCC[C@@]2(C)C3CCC(S)C(C(C)C)C3CCC21. The van der Waals surface area contributed by atoms with E-state index in [1.54, 1.807) is 7.11 Å².